The quantitative estimate of drug-likeness (QED) is 0.312. The second kappa shape index (κ2) is 6.26. The number of fused-ring (bicyclic) bond motifs is 2. The first kappa shape index (κ1) is 15.2. The molecule has 5 nitrogen and oxygen atoms in total. The lowest BCUT2D eigenvalue weighted by atomic mass is 10.4. The summed E-state index contributed by atoms with van der Waals surface area (Å²) in [5.41, 5.74) is 1.86. The topological polar surface area (TPSA) is 52.2 Å². The van der Waals surface area contributed by atoms with Crippen LogP contribution in [0.3, 0.4) is 0 Å². The molecule has 0 aliphatic carbocycles. The molecule has 0 amide bonds. The molecule has 0 spiro atoms. The van der Waals surface area contributed by atoms with Crippen LogP contribution in [-0.4, -0.2) is 18.9 Å². The Kier molecular flexibility index (Phi) is 3.95. The lowest BCUT2D eigenvalue weighted by Gasteiger charge is -2.09. The SMILES string of the molecule is C=CCn1c(SCc2cn3ccccc3n2)nc2sccc2c1=O. The Balaban J connectivity index is 1.69. The Morgan fingerprint density at radius 2 is 2.21 bits per heavy atom. The van der Waals surface area contributed by atoms with Crippen LogP contribution in [0.15, 0.2) is 64.6 Å². The minimum Gasteiger partial charge on any atom is -0.307 e. The van der Waals surface area contributed by atoms with E-state index < -0.39 is 0 Å². The monoisotopic (exact) mass is 354 g/mol. The van der Waals surface area contributed by atoms with Gasteiger partial charge in [0, 0.05) is 24.7 Å². The molecule has 0 unspecified atom stereocenters. The highest BCUT2D eigenvalue weighted by Crippen LogP contribution is 2.24. The molecular formula is C17H14N4OS2. The van der Waals surface area contributed by atoms with Crippen molar-refractivity contribution in [3.8, 4) is 0 Å². The van der Waals surface area contributed by atoms with Crippen LogP contribution in [0.1, 0.15) is 5.69 Å². The van der Waals surface area contributed by atoms with Gasteiger partial charge >= 0.3 is 0 Å². The van der Waals surface area contributed by atoms with Gasteiger partial charge in [-0.25, -0.2) is 9.97 Å². The highest BCUT2D eigenvalue weighted by molar-refractivity contribution is 7.98. The van der Waals surface area contributed by atoms with Gasteiger partial charge in [0.2, 0.25) is 0 Å². The molecular weight excluding hydrogens is 340 g/mol. The number of aromatic nitrogens is 4. The summed E-state index contributed by atoms with van der Waals surface area (Å²) in [4.78, 5) is 22.6. The lowest BCUT2D eigenvalue weighted by molar-refractivity contribution is 0.672. The number of nitrogens with zero attached hydrogens (tertiary/aromatic N) is 4. The number of thiophene rings is 1. The highest BCUT2D eigenvalue weighted by atomic mass is 32.2. The number of imidazole rings is 1. The largest absolute Gasteiger partial charge is 0.307 e. The smallest absolute Gasteiger partial charge is 0.263 e. The first-order valence-corrected chi connectivity index (χ1v) is 9.27. The van der Waals surface area contributed by atoms with Crippen molar-refractivity contribution in [2.75, 3.05) is 0 Å². The van der Waals surface area contributed by atoms with Gasteiger partial charge in [0.25, 0.3) is 5.56 Å². The Morgan fingerprint density at radius 1 is 1.29 bits per heavy atom. The van der Waals surface area contributed by atoms with E-state index in [0.717, 1.165) is 16.2 Å². The molecule has 0 saturated heterocycles. The fourth-order valence-electron chi connectivity index (χ4n) is 2.53. The number of allylic oxidation sites excluding steroid dienone is 1. The van der Waals surface area contributed by atoms with E-state index in [1.54, 1.807) is 10.6 Å². The molecule has 120 valence electrons. The van der Waals surface area contributed by atoms with Gasteiger partial charge in [-0.3, -0.25) is 9.36 Å². The van der Waals surface area contributed by atoms with Gasteiger partial charge in [-0.05, 0) is 23.6 Å². The molecule has 0 aliphatic heterocycles. The van der Waals surface area contributed by atoms with Crippen molar-refractivity contribution in [2.45, 2.75) is 17.5 Å². The van der Waals surface area contributed by atoms with Crippen LogP contribution in [-0.2, 0) is 12.3 Å². The average Bonchev–Trinajstić information content (AvgIpc) is 3.22. The van der Waals surface area contributed by atoms with Crippen LogP contribution in [0.5, 0.6) is 0 Å². The Labute approximate surface area is 146 Å². The summed E-state index contributed by atoms with van der Waals surface area (Å²) in [7, 11) is 0. The lowest BCUT2D eigenvalue weighted by Crippen LogP contribution is -2.22. The van der Waals surface area contributed by atoms with Crippen molar-refractivity contribution in [2.24, 2.45) is 0 Å². The van der Waals surface area contributed by atoms with E-state index in [-0.39, 0.29) is 5.56 Å². The summed E-state index contributed by atoms with van der Waals surface area (Å²) in [6.07, 6.45) is 5.69. The fraction of sp³-hybridized carbons (Fsp3) is 0.118. The number of hydrogen-bond donors (Lipinski definition) is 0. The minimum absolute atomic E-state index is 0.0151. The van der Waals surface area contributed by atoms with E-state index in [4.69, 9.17) is 0 Å². The Hall–Kier alpha value is -2.38. The van der Waals surface area contributed by atoms with Gasteiger partial charge in [0.1, 0.15) is 10.5 Å². The van der Waals surface area contributed by atoms with E-state index in [9.17, 15) is 4.79 Å². The molecule has 4 aromatic heterocycles. The maximum absolute atomic E-state index is 12.6. The predicted molar refractivity (Wildman–Crippen MR) is 98.8 cm³/mol. The van der Waals surface area contributed by atoms with E-state index in [2.05, 4.69) is 16.5 Å². The van der Waals surface area contributed by atoms with Gasteiger partial charge in [-0.1, -0.05) is 23.9 Å². The molecule has 0 fully saturated rings. The highest BCUT2D eigenvalue weighted by Gasteiger charge is 2.12. The van der Waals surface area contributed by atoms with Gasteiger partial charge < -0.3 is 4.40 Å². The molecule has 0 aliphatic rings. The standard InChI is InChI=1S/C17H14N4OS2/c1-2-7-21-16(22)13-6-9-23-15(13)19-17(21)24-11-12-10-20-8-4-3-5-14(20)18-12/h2-6,8-10H,1,7,11H2. The summed E-state index contributed by atoms with van der Waals surface area (Å²) in [6, 6.07) is 7.73. The average molecular weight is 354 g/mol. The molecule has 24 heavy (non-hydrogen) atoms. The van der Waals surface area contributed by atoms with E-state index in [0.29, 0.717) is 22.8 Å². The van der Waals surface area contributed by atoms with E-state index in [1.165, 1.54) is 23.1 Å². The van der Waals surface area contributed by atoms with Crippen LogP contribution in [0.2, 0.25) is 0 Å². The molecule has 0 bridgehead atoms. The van der Waals surface area contributed by atoms with Gasteiger partial charge in [0.15, 0.2) is 5.16 Å². The molecule has 0 atom stereocenters. The van der Waals surface area contributed by atoms with Crippen LogP contribution in [0, 0.1) is 0 Å². The number of pyridine rings is 1. The molecule has 4 heterocycles. The molecule has 4 aromatic rings. The minimum atomic E-state index is -0.0151. The first-order valence-electron chi connectivity index (χ1n) is 7.40. The van der Waals surface area contributed by atoms with Crippen molar-refractivity contribution in [1.29, 1.82) is 0 Å². The third-order valence-corrected chi connectivity index (χ3v) is 5.44. The van der Waals surface area contributed by atoms with Crippen LogP contribution >= 0.6 is 23.1 Å². The normalized spacial score (nSPS) is 11.3. The molecule has 0 N–H and O–H groups in total. The van der Waals surface area contributed by atoms with Crippen molar-refractivity contribution >= 4 is 39.0 Å². The Morgan fingerprint density at radius 3 is 3.04 bits per heavy atom. The van der Waals surface area contributed by atoms with E-state index in [1.807, 2.05) is 46.4 Å². The van der Waals surface area contributed by atoms with Gasteiger partial charge in [-0.2, -0.15) is 0 Å². The zero-order chi connectivity index (χ0) is 16.5. The number of hydrogen-bond acceptors (Lipinski definition) is 5. The maximum atomic E-state index is 12.6. The van der Waals surface area contributed by atoms with Gasteiger partial charge in [-0.15, -0.1) is 17.9 Å². The molecule has 0 saturated carbocycles. The van der Waals surface area contributed by atoms with Crippen molar-refractivity contribution in [1.82, 2.24) is 18.9 Å². The summed E-state index contributed by atoms with van der Waals surface area (Å²) < 4.78 is 3.66. The summed E-state index contributed by atoms with van der Waals surface area (Å²) in [6.45, 7) is 4.19. The number of thioether (sulfide) groups is 1. The first-order chi connectivity index (χ1) is 11.8. The molecule has 7 heteroatoms. The second-order valence-electron chi connectivity index (χ2n) is 5.23. The summed E-state index contributed by atoms with van der Waals surface area (Å²) in [5, 5.41) is 3.26. The van der Waals surface area contributed by atoms with Crippen molar-refractivity contribution in [3.05, 3.63) is 70.7 Å². The zero-order valence-electron chi connectivity index (χ0n) is 12.8. The molecule has 4 rings (SSSR count). The van der Waals surface area contributed by atoms with Crippen LogP contribution in [0.25, 0.3) is 15.9 Å². The van der Waals surface area contributed by atoms with Crippen LogP contribution in [0.4, 0.5) is 0 Å². The second-order valence-corrected chi connectivity index (χ2v) is 7.06. The third kappa shape index (κ3) is 2.65. The van der Waals surface area contributed by atoms with Crippen molar-refractivity contribution < 1.29 is 0 Å². The van der Waals surface area contributed by atoms with Crippen LogP contribution < -0.4 is 5.56 Å². The number of rotatable bonds is 5. The maximum Gasteiger partial charge on any atom is 0.263 e. The zero-order valence-corrected chi connectivity index (χ0v) is 14.4. The third-order valence-electron chi connectivity index (χ3n) is 3.62. The van der Waals surface area contributed by atoms with Crippen molar-refractivity contribution in [3.63, 3.8) is 0 Å². The Bertz CT molecular complexity index is 1060. The van der Waals surface area contributed by atoms with E-state index >= 15 is 0 Å². The fourth-order valence-corrected chi connectivity index (χ4v) is 4.22. The predicted octanol–water partition coefficient (Wildman–Crippen LogP) is 3.58. The van der Waals surface area contributed by atoms with Gasteiger partial charge in [0.05, 0.1) is 11.1 Å². The molecule has 0 aromatic carbocycles. The molecule has 0 radical (unpaired) electrons. The summed E-state index contributed by atoms with van der Waals surface area (Å²) in [5.74, 6) is 0.655. The summed E-state index contributed by atoms with van der Waals surface area (Å²) >= 11 is 3.01.